The Hall–Kier alpha value is -2.03. The van der Waals surface area contributed by atoms with Crippen LogP contribution in [0.4, 0.5) is 0 Å². The fourth-order valence-electron chi connectivity index (χ4n) is 2.54. The van der Waals surface area contributed by atoms with Crippen molar-refractivity contribution in [3.63, 3.8) is 0 Å². The second-order valence-corrected chi connectivity index (χ2v) is 5.22. The van der Waals surface area contributed by atoms with Crippen molar-refractivity contribution in [2.75, 3.05) is 0 Å². The van der Waals surface area contributed by atoms with Gasteiger partial charge >= 0.3 is 5.63 Å². The number of furan rings is 1. The predicted octanol–water partition coefficient (Wildman–Crippen LogP) is 4.66. The van der Waals surface area contributed by atoms with Crippen LogP contribution in [0.25, 0.3) is 21.9 Å². The molecule has 0 unspecified atom stereocenters. The van der Waals surface area contributed by atoms with Gasteiger partial charge in [-0.1, -0.05) is 26.2 Å². The molecule has 0 saturated heterocycles. The average Bonchev–Trinajstić information content (AvgIpc) is 2.88. The number of benzene rings is 1. The van der Waals surface area contributed by atoms with Crippen LogP contribution in [0.2, 0.25) is 0 Å². The molecule has 1 aromatic carbocycles. The minimum Gasteiger partial charge on any atom is -0.464 e. The molecule has 2 aromatic heterocycles. The molecule has 3 nitrogen and oxygen atoms in total. The Morgan fingerprint density at radius 3 is 2.75 bits per heavy atom. The molecule has 0 bridgehead atoms. The number of unbranched alkanes of at least 4 members (excludes halogenated alkanes) is 3. The van der Waals surface area contributed by atoms with Crippen LogP contribution in [0.3, 0.4) is 0 Å². The van der Waals surface area contributed by atoms with Crippen molar-refractivity contribution in [1.29, 1.82) is 0 Å². The predicted molar refractivity (Wildman–Crippen MR) is 80.1 cm³/mol. The molecule has 0 amide bonds. The minimum absolute atomic E-state index is 0.222. The van der Waals surface area contributed by atoms with Crippen molar-refractivity contribution >= 4 is 21.9 Å². The molecule has 0 aliphatic heterocycles. The van der Waals surface area contributed by atoms with Gasteiger partial charge in [0.05, 0.1) is 6.26 Å². The second-order valence-electron chi connectivity index (χ2n) is 5.22. The molecule has 3 rings (SSSR count). The SMILES string of the molecule is CCCCCCc1cc2cc3ccoc3cc2oc1=O. The number of rotatable bonds is 5. The maximum Gasteiger partial charge on any atom is 0.339 e. The molecule has 0 radical (unpaired) electrons. The molecule has 0 fully saturated rings. The van der Waals surface area contributed by atoms with Crippen molar-refractivity contribution in [3.05, 3.63) is 46.5 Å². The van der Waals surface area contributed by atoms with E-state index in [-0.39, 0.29) is 5.63 Å². The maximum atomic E-state index is 12.0. The van der Waals surface area contributed by atoms with Gasteiger partial charge in [-0.2, -0.15) is 0 Å². The molecule has 0 N–H and O–H groups in total. The molecule has 0 atom stereocenters. The highest BCUT2D eigenvalue weighted by Gasteiger charge is 2.07. The van der Waals surface area contributed by atoms with E-state index in [4.69, 9.17) is 8.83 Å². The van der Waals surface area contributed by atoms with E-state index < -0.39 is 0 Å². The number of hydrogen-bond donors (Lipinski definition) is 0. The monoisotopic (exact) mass is 270 g/mol. The highest BCUT2D eigenvalue weighted by Crippen LogP contribution is 2.23. The van der Waals surface area contributed by atoms with E-state index in [1.54, 1.807) is 12.3 Å². The van der Waals surface area contributed by atoms with Gasteiger partial charge in [0.2, 0.25) is 0 Å². The first kappa shape index (κ1) is 13.0. The van der Waals surface area contributed by atoms with Gasteiger partial charge in [-0.25, -0.2) is 4.79 Å². The van der Waals surface area contributed by atoms with E-state index in [1.165, 1.54) is 12.8 Å². The lowest BCUT2D eigenvalue weighted by Crippen LogP contribution is -2.06. The van der Waals surface area contributed by atoms with E-state index in [0.717, 1.165) is 41.2 Å². The molecular formula is C17H18O3. The Labute approximate surface area is 117 Å². The van der Waals surface area contributed by atoms with Crippen molar-refractivity contribution in [2.45, 2.75) is 39.0 Å². The molecule has 3 aromatic rings. The third-order valence-electron chi connectivity index (χ3n) is 3.68. The standard InChI is InChI=1S/C17H18O3/c1-2-3-4-5-6-13-10-14-9-12-7-8-19-15(12)11-16(14)20-17(13)18/h7-11H,2-6H2,1H3. The Morgan fingerprint density at radius 2 is 1.90 bits per heavy atom. The Balaban J connectivity index is 1.94. The summed E-state index contributed by atoms with van der Waals surface area (Å²) in [5.41, 5.74) is 1.89. The van der Waals surface area contributed by atoms with E-state index in [1.807, 2.05) is 18.2 Å². The van der Waals surface area contributed by atoms with Gasteiger partial charge in [0.1, 0.15) is 11.2 Å². The quantitative estimate of drug-likeness (QED) is 0.500. The highest BCUT2D eigenvalue weighted by molar-refractivity contribution is 5.92. The Bertz CT molecular complexity index is 780. The van der Waals surface area contributed by atoms with E-state index >= 15 is 0 Å². The van der Waals surface area contributed by atoms with Crippen molar-refractivity contribution in [3.8, 4) is 0 Å². The van der Waals surface area contributed by atoms with E-state index in [0.29, 0.717) is 5.58 Å². The zero-order valence-corrected chi connectivity index (χ0v) is 11.6. The van der Waals surface area contributed by atoms with Crippen LogP contribution in [0.5, 0.6) is 0 Å². The van der Waals surface area contributed by atoms with Crippen LogP contribution in [0.15, 0.2) is 44.2 Å². The summed E-state index contributed by atoms with van der Waals surface area (Å²) < 4.78 is 10.7. The average molecular weight is 270 g/mol. The largest absolute Gasteiger partial charge is 0.464 e. The fourth-order valence-corrected chi connectivity index (χ4v) is 2.54. The first-order chi connectivity index (χ1) is 9.78. The molecule has 20 heavy (non-hydrogen) atoms. The topological polar surface area (TPSA) is 43.4 Å². The van der Waals surface area contributed by atoms with Crippen LogP contribution in [0.1, 0.15) is 38.2 Å². The maximum absolute atomic E-state index is 12.0. The molecular weight excluding hydrogens is 252 g/mol. The van der Waals surface area contributed by atoms with Gasteiger partial charge in [-0.05, 0) is 31.0 Å². The zero-order valence-electron chi connectivity index (χ0n) is 11.6. The lowest BCUT2D eigenvalue weighted by Gasteiger charge is -2.02. The third kappa shape index (κ3) is 2.48. The van der Waals surface area contributed by atoms with E-state index in [9.17, 15) is 4.79 Å². The summed E-state index contributed by atoms with van der Waals surface area (Å²) in [6.07, 6.45) is 7.06. The van der Waals surface area contributed by atoms with Crippen LogP contribution in [0, 0.1) is 0 Å². The summed E-state index contributed by atoms with van der Waals surface area (Å²) in [5, 5.41) is 1.99. The van der Waals surface area contributed by atoms with E-state index in [2.05, 4.69) is 6.92 Å². The molecule has 104 valence electrons. The lowest BCUT2D eigenvalue weighted by molar-refractivity contribution is 0.543. The summed E-state index contributed by atoms with van der Waals surface area (Å²) in [4.78, 5) is 12.0. The van der Waals surface area contributed by atoms with Gasteiger partial charge in [0.25, 0.3) is 0 Å². The van der Waals surface area contributed by atoms with Gasteiger partial charge in [-0.3, -0.25) is 0 Å². The first-order valence-corrected chi connectivity index (χ1v) is 7.22. The van der Waals surface area contributed by atoms with Crippen molar-refractivity contribution < 1.29 is 8.83 Å². The number of aryl methyl sites for hydroxylation is 1. The second kappa shape index (κ2) is 5.53. The smallest absolute Gasteiger partial charge is 0.339 e. The number of fused-ring (bicyclic) bond motifs is 2. The lowest BCUT2D eigenvalue weighted by atomic mass is 10.1. The van der Waals surface area contributed by atoms with Gasteiger partial charge in [0, 0.05) is 22.4 Å². The van der Waals surface area contributed by atoms with Gasteiger partial charge in [0.15, 0.2) is 0 Å². The summed E-state index contributed by atoms with van der Waals surface area (Å²) in [6.45, 7) is 2.18. The normalized spacial score (nSPS) is 11.4. The Morgan fingerprint density at radius 1 is 1.00 bits per heavy atom. The van der Waals surface area contributed by atoms with Crippen LogP contribution < -0.4 is 5.63 Å². The first-order valence-electron chi connectivity index (χ1n) is 7.22. The van der Waals surface area contributed by atoms with Crippen LogP contribution in [-0.2, 0) is 6.42 Å². The highest BCUT2D eigenvalue weighted by atomic mass is 16.4. The van der Waals surface area contributed by atoms with Gasteiger partial charge in [-0.15, -0.1) is 0 Å². The summed E-state index contributed by atoms with van der Waals surface area (Å²) in [5.74, 6) is 0. The van der Waals surface area contributed by atoms with Crippen molar-refractivity contribution in [2.24, 2.45) is 0 Å². The molecule has 0 aliphatic carbocycles. The summed E-state index contributed by atoms with van der Waals surface area (Å²) in [6, 6.07) is 7.67. The molecule has 2 heterocycles. The molecule has 0 saturated carbocycles. The summed E-state index contributed by atoms with van der Waals surface area (Å²) in [7, 11) is 0. The van der Waals surface area contributed by atoms with Crippen molar-refractivity contribution in [1.82, 2.24) is 0 Å². The molecule has 0 spiro atoms. The third-order valence-corrected chi connectivity index (χ3v) is 3.68. The summed E-state index contributed by atoms with van der Waals surface area (Å²) >= 11 is 0. The molecule has 3 heteroatoms. The van der Waals surface area contributed by atoms with Crippen LogP contribution in [-0.4, -0.2) is 0 Å². The minimum atomic E-state index is -0.222. The Kier molecular flexibility index (Phi) is 3.59. The molecule has 0 aliphatic rings. The van der Waals surface area contributed by atoms with Crippen LogP contribution >= 0.6 is 0 Å². The fraction of sp³-hybridized carbons (Fsp3) is 0.353. The zero-order chi connectivity index (χ0) is 13.9. The van der Waals surface area contributed by atoms with Gasteiger partial charge < -0.3 is 8.83 Å². The number of hydrogen-bond acceptors (Lipinski definition) is 3.